The number of benzene rings is 1. The van der Waals surface area contributed by atoms with E-state index < -0.39 is 23.9 Å². The van der Waals surface area contributed by atoms with Gasteiger partial charge in [-0.25, -0.2) is 24.4 Å². The summed E-state index contributed by atoms with van der Waals surface area (Å²) in [6.07, 6.45) is 2.24. The number of nitrogens with two attached hydrogens (primary N) is 1. The van der Waals surface area contributed by atoms with Crippen LogP contribution in [0.15, 0.2) is 60.7 Å². The van der Waals surface area contributed by atoms with Gasteiger partial charge in [-0.3, -0.25) is 4.90 Å². The van der Waals surface area contributed by atoms with Gasteiger partial charge in [-0.15, -0.1) is 0 Å². The molecular formula is C35H46N4O9. The van der Waals surface area contributed by atoms with Crippen LogP contribution in [0, 0.1) is 5.92 Å². The molecule has 0 aliphatic carbocycles. The van der Waals surface area contributed by atoms with Crippen LogP contribution in [0.5, 0.6) is 0 Å². The first-order chi connectivity index (χ1) is 23.4. The standard InChI is InChI=1S/C34H41N3O9.CH5N/c1-42-33(40)29-7-3-5-27(35-29)23-24-13-17-44-19-15-37(16-20-46-22-21-45-18-14-24)31(25-9-11-26(12-10-25)32(38)39)28-6-4-8-30(36-28)34(41)43-2;1-2/h3-12,24,31H,13-23H2,1-2H3,(H,38,39);2H2,1H3. The molecular weight excluding hydrogens is 620 g/mol. The Kier molecular flexibility index (Phi) is 16.6. The number of esters is 2. The number of hydrogen-bond donors (Lipinski definition) is 2. The molecule has 1 aliphatic heterocycles. The summed E-state index contributed by atoms with van der Waals surface area (Å²) in [4.78, 5) is 47.1. The van der Waals surface area contributed by atoms with Crippen LogP contribution in [0.3, 0.4) is 0 Å². The molecule has 0 bridgehead atoms. The molecule has 13 nitrogen and oxygen atoms in total. The average molecular weight is 667 g/mol. The molecule has 1 aliphatic rings. The number of carboxylic acid groups (broad SMARTS) is 1. The fourth-order valence-electron chi connectivity index (χ4n) is 5.31. The largest absolute Gasteiger partial charge is 0.478 e. The molecule has 0 amide bonds. The molecule has 3 heterocycles. The SMILES string of the molecule is CN.COC(=O)c1cccc(CC2CCOCCOCCN(C(c3ccc(C(=O)O)cc3)c3cccc(C(=O)OC)n3)CCOCC2)n1. The van der Waals surface area contributed by atoms with Crippen LogP contribution < -0.4 is 5.73 Å². The second-order valence-corrected chi connectivity index (χ2v) is 10.8. The fraction of sp³-hybridized carbons (Fsp3) is 0.457. The highest BCUT2D eigenvalue weighted by molar-refractivity contribution is 5.88. The minimum Gasteiger partial charge on any atom is -0.478 e. The Morgan fingerprint density at radius 2 is 1.33 bits per heavy atom. The van der Waals surface area contributed by atoms with Gasteiger partial charge in [0.2, 0.25) is 0 Å². The fourth-order valence-corrected chi connectivity index (χ4v) is 5.31. The minimum absolute atomic E-state index is 0.171. The molecule has 1 fully saturated rings. The number of hydrogen-bond acceptors (Lipinski definition) is 12. The number of aromatic carboxylic acids is 1. The maximum atomic E-state index is 12.3. The van der Waals surface area contributed by atoms with Crippen LogP contribution in [-0.4, -0.2) is 112 Å². The zero-order chi connectivity index (χ0) is 34.7. The normalized spacial score (nSPS) is 17.4. The lowest BCUT2D eigenvalue weighted by Crippen LogP contribution is -2.36. The van der Waals surface area contributed by atoms with Gasteiger partial charge in [0.25, 0.3) is 0 Å². The summed E-state index contributed by atoms with van der Waals surface area (Å²) < 4.78 is 27.7. The summed E-state index contributed by atoms with van der Waals surface area (Å²) in [5.74, 6) is -1.82. The number of carbonyl (C=O) groups is 3. The van der Waals surface area contributed by atoms with E-state index in [1.165, 1.54) is 21.3 Å². The average Bonchev–Trinajstić information content (AvgIpc) is 3.13. The van der Waals surface area contributed by atoms with Crippen molar-refractivity contribution in [2.24, 2.45) is 11.7 Å². The number of ether oxygens (including phenoxy) is 5. The summed E-state index contributed by atoms with van der Waals surface area (Å²) in [6, 6.07) is 16.7. The lowest BCUT2D eigenvalue weighted by Gasteiger charge is -2.32. The van der Waals surface area contributed by atoms with Crippen molar-refractivity contribution in [2.45, 2.75) is 25.3 Å². The van der Waals surface area contributed by atoms with E-state index in [0.29, 0.717) is 64.8 Å². The Bertz CT molecular complexity index is 1440. The van der Waals surface area contributed by atoms with Crippen LogP contribution in [0.25, 0.3) is 0 Å². The monoisotopic (exact) mass is 666 g/mol. The maximum Gasteiger partial charge on any atom is 0.356 e. The van der Waals surface area contributed by atoms with Crippen LogP contribution in [0.1, 0.15) is 67.2 Å². The van der Waals surface area contributed by atoms with Gasteiger partial charge in [-0.1, -0.05) is 24.3 Å². The van der Waals surface area contributed by atoms with E-state index in [0.717, 1.165) is 24.1 Å². The Balaban J connectivity index is 0.00000307. The number of aromatic nitrogens is 2. The van der Waals surface area contributed by atoms with Gasteiger partial charge in [-0.2, -0.15) is 0 Å². The van der Waals surface area contributed by atoms with Crippen LogP contribution >= 0.6 is 0 Å². The molecule has 2 aromatic heterocycles. The predicted octanol–water partition coefficient (Wildman–Crippen LogP) is 3.42. The minimum atomic E-state index is -1.02. The van der Waals surface area contributed by atoms with Crippen molar-refractivity contribution < 1.29 is 43.2 Å². The van der Waals surface area contributed by atoms with Crippen LogP contribution in [0.4, 0.5) is 0 Å². The van der Waals surface area contributed by atoms with Crippen molar-refractivity contribution in [2.75, 3.05) is 74.0 Å². The number of carbonyl (C=O) groups excluding carboxylic acids is 2. The van der Waals surface area contributed by atoms with Crippen molar-refractivity contribution in [3.05, 3.63) is 94.6 Å². The molecule has 2 atom stereocenters. The van der Waals surface area contributed by atoms with Crippen molar-refractivity contribution in [3.63, 3.8) is 0 Å². The number of carboxylic acids is 1. The van der Waals surface area contributed by atoms with Gasteiger partial charge in [0.1, 0.15) is 11.4 Å². The molecule has 1 saturated heterocycles. The first-order valence-corrected chi connectivity index (χ1v) is 15.9. The Labute approximate surface area is 281 Å². The zero-order valence-electron chi connectivity index (χ0n) is 27.8. The lowest BCUT2D eigenvalue weighted by atomic mass is 9.96. The van der Waals surface area contributed by atoms with E-state index >= 15 is 0 Å². The van der Waals surface area contributed by atoms with Gasteiger partial charge < -0.3 is 34.5 Å². The second kappa shape index (κ2) is 20.9. The van der Waals surface area contributed by atoms with Crippen molar-refractivity contribution in [1.82, 2.24) is 14.9 Å². The van der Waals surface area contributed by atoms with Gasteiger partial charge in [0, 0.05) is 32.0 Å². The first kappa shape index (κ1) is 38.2. The summed E-state index contributed by atoms with van der Waals surface area (Å²) in [5.41, 5.74) is 7.34. The van der Waals surface area contributed by atoms with E-state index in [-0.39, 0.29) is 22.9 Å². The third-order valence-electron chi connectivity index (χ3n) is 7.74. The zero-order valence-corrected chi connectivity index (χ0v) is 27.8. The summed E-state index contributed by atoms with van der Waals surface area (Å²) >= 11 is 0. The molecule has 13 heteroatoms. The molecule has 3 N–H and O–H groups in total. The molecule has 1 aromatic carbocycles. The van der Waals surface area contributed by atoms with Crippen molar-refractivity contribution in [1.29, 1.82) is 0 Å². The lowest BCUT2D eigenvalue weighted by molar-refractivity contribution is 0.0300. The highest BCUT2D eigenvalue weighted by atomic mass is 16.5. The third kappa shape index (κ3) is 11.8. The van der Waals surface area contributed by atoms with E-state index in [2.05, 4.69) is 20.6 Å². The molecule has 0 radical (unpaired) electrons. The molecule has 0 saturated carbocycles. The highest BCUT2D eigenvalue weighted by Gasteiger charge is 2.25. The van der Waals surface area contributed by atoms with Crippen molar-refractivity contribution >= 4 is 17.9 Å². The smallest absolute Gasteiger partial charge is 0.356 e. The van der Waals surface area contributed by atoms with E-state index in [1.54, 1.807) is 48.5 Å². The number of nitrogens with zero attached hydrogens (tertiary/aromatic N) is 3. The summed E-state index contributed by atoms with van der Waals surface area (Å²) in [6.45, 7) is 3.81. The number of methoxy groups -OCH3 is 2. The topological polar surface area (TPSA) is 173 Å². The Hall–Kier alpha value is -4.27. The molecule has 48 heavy (non-hydrogen) atoms. The maximum absolute atomic E-state index is 12.3. The molecule has 3 aromatic rings. The van der Waals surface area contributed by atoms with Gasteiger partial charge >= 0.3 is 17.9 Å². The van der Waals surface area contributed by atoms with E-state index in [9.17, 15) is 19.5 Å². The first-order valence-electron chi connectivity index (χ1n) is 15.9. The van der Waals surface area contributed by atoms with Crippen LogP contribution in [-0.2, 0) is 30.1 Å². The van der Waals surface area contributed by atoms with Gasteiger partial charge in [0.15, 0.2) is 0 Å². The molecule has 0 spiro atoms. The Morgan fingerprint density at radius 1 is 0.792 bits per heavy atom. The van der Waals surface area contributed by atoms with Crippen molar-refractivity contribution in [3.8, 4) is 0 Å². The second-order valence-electron chi connectivity index (χ2n) is 10.8. The molecule has 260 valence electrons. The summed E-state index contributed by atoms with van der Waals surface area (Å²) in [5, 5.41) is 9.45. The highest BCUT2D eigenvalue weighted by Crippen LogP contribution is 2.28. The van der Waals surface area contributed by atoms with Gasteiger partial charge in [0.05, 0.1) is 57.9 Å². The molecule has 2 unspecified atom stereocenters. The summed E-state index contributed by atoms with van der Waals surface area (Å²) in [7, 11) is 4.14. The van der Waals surface area contributed by atoms with E-state index in [1.807, 2.05) is 12.1 Å². The van der Waals surface area contributed by atoms with Gasteiger partial charge in [-0.05, 0) is 74.2 Å². The number of pyridine rings is 2. The molecule has 4 rings (SSSR count). The number of rotatable bonds is 8. The van der Waals surface area contributed by atoms with Crippen LogP contribution in [0.2, 0.25) is 0 Å². The van der Waals surface area contributed by atoms with E-state index in [4.69, 9.17) is 23.7 Å². The predicted molar refractivity (Wildman–Crippen MR) is 177 cm³/mol. The Morgan fingerprint density at radius 3 is 1.92 bits per heavy atom. The third-order valence-corrected chi connectivity index (χ3v) is 7.74. The quantitative estimate of drug-likeness (QED) is 0.335.